The van der Waals surface area contributed by atoms with Crippen molar-refractivity contribution in [2.45, 2.75) is 45.3 Å². The Morgan fingerprint density at radius 3 is 2.73 bits per heavy atom. The van der Waals surface area contributed by atoms with Crippen LogP contribution in [0.15, 0.2) is 6.33 Å². The molecule has 0 bridgehead atoms. The van der Waals surface area contributed by atoms with Gasteiger partial charge in [0.15, 0.2) is 0 Å². The third-order valence-electron chi connectivity index (χ3n) is 2.66. The van der Waals surface area contributed by atoms with Crippen LogP contribution in [-0.4, -0.2) is 32.0 Å². The topological polar surface area (TPSA) is 77.0 Å². The van der Waals surface area contributed by atoms with E-state index in [1.54, 1.807) is 0 Å². The van der Waals surface area contributed by atoms with Gasteiger partial charge in [0, 0.05) is 19.0 Å². The lowest BCUT2D eigenvalue weighted by molar-refractivity contribution is 0.0422. The Morgan fingerprint density at radius 1 is 1.60 bits per heavy atom. The van der Waals surface area contributed by atoms with E-state index in [1.165, 1.54) is 6.33 Å². The molecule has 1 atom stereocenters. The maximum Gasteiger partial charge on any atom is 0.138 e. The molecule has 1 unspecified atom stereocenters. The van der Waals surface area contributed by atoms with Gasteiger partial charge >= 0.3 is 0 Å². The van der Waals surface area contributed by atoms with Gasteiger partial charge in [-0.15, -0.1) is 0 Å². The van der Waals surface area contributed by atoms with Crippen molar-refractivity contribution in [3.8, 4) is 0 Å². The summed E-state index contributed by atoms with van der Waals surface area (Å²) in [5.74, 6) is 0.791. The van der Waals surface area contributed by atoms with Crippen molar-refractivity contribution in [2.75, 3.05) is 6.54 Å². The Labute approximate surface area is 90.3 Å². The van der Waals surface area contributed by atoms with E-state index < -0.39 is 5.60 Å². The zero-order chi connectivity index (χ0) is 11.5. The van der Waals surface area contributed by atoms with Gasteiger partial charge in [0.25, 0.3) is 0 Å². The summed E-state index contributed by atoms with van der Waals surface area (Å²) >= 11 is 0. The van der Waals surface area contributed by atoms with Crippen LogP contribution in [0.25, 0.3) is 0 Å². The highest BCUT2D eigenvalue weighted by atomic mass is 16.3. The molecule has 0 fully saturated rings. The van der Waals surface area contributed by atoms with Crippen LogP contribution in [0.4, 0.5) is 0 Å². The first-order valence-electron chi connectivity index (χ1n) is 5.33. The molecule has 1 rings (SSSR count). The molecular formula is C10H20N4O. The molecule has 0 spiro atoms. The summed E-state index contributed by atoms with van der Waals surface area (Å²) in [6, 6.07) is 0.251. The summed E-state index contributed by atoms with van der Waals surface area (Å²) in [5.41, 5.74) is 4.69. The minimum Gasteiger partial charge on any atom is -0.388 e. The molecule has 1 aromatic rings. The molecule has 0 saturated heterocycles. The van der Waals surface area contributed by atoms with Crippen LogP contribution < -0.4 is 5.73 Å². The summed E-state index contributed by atoms with van der Waals surface area (Å²) in [6.07, 6.45) is 2.59. The van der Waals surface area contributed by atoms with Crippen molar-refractivity contribution in [3.05, 3.63) is 12.2 Å². The van der Waals surface area contributed by atoms with Crippen molar-refractivity contribution in [1.29, 1.82) is 0 Å². The van der Waals surface area contributed by atoms with Gasteiger partial charge < -0.3 is 10.8 Å². The summed E-state index contributed by atoms with van der Waals surface area (Å²) < 4.78 is 1.82. The third-order valence-corrected chi connectivity index (χ3v) is 2.66. The second-order valence-electron chi connectivity index (χ2n) is 4.17. The zero-order valence-electron chi connectivity index (χ0n) is 9.64. The molecule has 1 aromatic heterocycles. The first-order chi connectivity index (χ1) is 7.02. The largest absolute Gasteiger partial charge is 0.388 e. The molecule has 0 aliphatic carbocycles. The van der Waals surface area contributed by atoms with E-state index in [1.807, 2.05) is 25.5 Å². The second kappa shape index (κ2) is 4.72. The van der Waals surface area contributed by atoms with Crippen molar-refractivity contribution < 1.29 is 5.11 Å². The summed E-state index contributed by atoms with van der Waals surface area (Å²) in [7, 11) is 0. The number of hydrogen-bond acceptors (Lipinski definition) is 4. The Morgan fingerprint density at radius 2 is 2.27 bits per heavy atom. The first kappa shape index (κ1) is 12.1. The number of nitrogens with zero attached hydrogens (tertiary/aromatic N) is 3. The van der Waals surface area contributed by atoms with Crippen LogP contribution in [0.3, 0.4) is 0 Å². The Bertz CT molecular complexity index is 304. The molecule has 5 heteroatoms. The Balaban J connectivity index is 2.84. The van der Waals surface area contributed by atoms with Crippen molar-refractivity contribution in [3.63, 3.8) is 0 Å². The van der Waals surface area contributed by atoms with E-state index in [-0.39, 0.29) is 12.6 Å². The fourth-order valence-corrected chi connectivity index (χ4v) is 1.47. The van der Waals surface area contributed by atoms with Crippen LogP contribution in [-0.2, 0) is 6.42 Å². The molecule has 0 aromatic carbocycles. The molecule has 0 radical (unpaired) electrons. The maximum absolute atomic E-state index is 10.1. The highest BCUT2D eigenvalue weighted by Gasteiger charge is 2.26. The molecule has 0 aliphatic rings. The van der Waals surface area contributed by atoms with Crippen LogP contribution >= 0.6 is 0 Å². The summed E-state index contributed by atoms with van der Waals surface area (Å²) in [4.78, 5) is 4.15. The number of aliphatic hydroxyl groups is 1. The lowest BCUT2D eigenvalue weighted by Gasteiger charge is -2.24. The highest BCUT2D eigenvalue weighted by Crippen LogP contribution is 2.16. The fraction of sp³-hybridized carbons (Fsp3) is 0.800. The van der Waals surface area contributed by atoms with E-state index in [0.717, 1.165) is 5.82 Å². The number of aromatic nitrogens is 3. The van der Waals surface area contributed by atoms with Gasteiger partial charge in [-0.3, -0.25) is 0 Å². The van der Waals surface area contributed by atoms with Crippen LogP contribution in [0.2, 0.25) is 0 Å². The van der Waals surface area contributed by atoms with E-state index in [9.17, 15) is 5.11 Å². The predicted molar refractivity (Wildman–Crippen MR) is 58.4 cm³/mol. The van der Waals surface area contributed by atoms with Gasteiger partial charge in [0.1, 0.15) is 12.2 Å². The highest BCUT2D eigenvalue weighted by molar-refractivity contribution is 4.95. The van der Waals surface area contributed by atoms with Crippen LogP contribution in [0.1, 0.15) is 39.1 Å². The molecule has 5 nitrogen and oxygen atoms in total. The summed E-state index contributed by atoms with van der Waals surface area (Å²) in [5, 5.41) is 14.2. The minimum atomic E-state index is -0.861. The van der Waals surface area contributed by atoms with Gasteiger partial charge in [-0.1, -0.05) is 6.92 Å². The lowest BCUT2D eigenvalue weighted by atomic mass is 9.96. The lowest BCUT2D eigenvalue weighted by Crippen LogP contribution is -2.40. The molecule has 86 valence electrons. The molecule has 0 amide bonds. The van der Waals surface area contributed by atoms with Gasteiger partial charge in [0.05, 0.1) is 5.60 Å². The average Bonchev–Trinajstić information content (AvgIpc) is 2.65. The second-order valence-corrected chi connectivity index (χ2v) is 4.17. The quantitative estimate of drug-likeness (QED) is 0.745. The first-order valence-corrected chi connectivity index (χ1v) is 5.33. The van der Waals surface area contributed by atoms with E-state index >= 15 is 0 Å². The van der Waals surface area contributed by atoms with Crippen molar-refractivity contribution in [2.24, 2.45) is 5.73 Å². The molecule has 15 heavy (non-hydrogen) atoms. The van der Waals surface area contributed by atoms with Gasteiger partial charge in [-0.05, 0) is 20.3 Å². The third kappa shape index (κ3) is 2.76. The molecule has 3 N–H and O–H groups in total. The minimum absolute atomic E-state index is 0.244. The molecule has 0 aliphatic heterocycles. The Kier molecular flexibility index (Phi) is 3.82. The van der Waals surface area contributed by atoms with E-state index in [2.05, 4.69) is 10.1 Å². The molecule has 0 saturated carbocycles. The normalized spacial score (nSPS) is 15.6. The smallest absolute Gasteiger partial charge is 0.138 e. The van der Waals surface area contributed by atoms with Crippen molar-refractivity contribution >= 4 is 0 Å². The van der Waals surface area contributed by atoms with E-state index in [4.69, 9.17) is 5.73 Å². The van der Waals surface area contributed by atoms with Gasteiger partial charge in [-0.2, -0.15) is 5.10 Å². The number of rotatable bonds is 5. The summed E-state index contributed by atoms with van der Waals surface area (Å²) in [6.45, 7) is 6.23. The predicted octanol–water partition coefficient (Wildman–Crippen LogP) is 0.501. The zero-order valence-corrected chi connectivity index (χ0v) is 9.64. The number of nitrogens with two attached hydrogens (primary N) is 1. The SMILES string of the molecule is CCC(O)(CN)Cc1ncnn1C(C)C. The van der Waals surface area contributed by atoms with Crippen molar-refractivity contribution in [1.82, 2.24) is 14.8 Å². The average molecular weight is 212 g/mol. The van der Waals surface area contributed by atoms with Gasteiger partial charge in [-0.25, -0.2) is 9.67 Å². The van der Waals surface area contributed by atoms with Crippen LogP contribution in [0.5, 0.6) is 0 Å². The molecule has 1 heterocycles. The molecular weight excluding hydrogens is 192 g/mol. The van der Waals surface area contributed by atoms with Crippen LogP contribution in [0, 0.1) is 0 Å². The monoisotopic (exact) mass is 212 g/mol. The van der Waals surface area contributed by atoms with Gasteiger partial charge in [0.2, 0.25) is 0 Å². The fourth-order valence-electron chi connectivity index (χ4n) is 1.47. The standard InChI is InChI=1S/C10H20N4O/c1-4-10(15,6-11)5-9-12-7-13-14(9)8(2)3/h7-8,15H,4-6,11H2,1-3H3. The number of hydrogen-bond donors (Lipinski definition) is 2. The Hall–Kier alpha value is -0.940. The van der Waals surface area contributed by atoms with E-state index in [0.29, 0.717) is 12.8 Å². The maximum atomic E-state index is 10.1.